The first-order chi connectivity index (χ1) is 11.0. The molecule has 2 rings (SSSR count). The van der Waals surface area contributed by atoms with Crippen LogP contribution in [0.25, 0.3) is 0 Å². The lowest BCUT2D eigenvalue weighted by molar-refractivity contribution is -0.119. The zero-order valence-electron chi connectivity index (χ0n) is 13.2. The monoisotopic (exact) mass is 333 g/mol. The molecule has 8 heteroatoms. The van der Waals surface area contributed by atoms with E-state index in [1.54, 1.807) is 6.92 Å². The number of imide groups is 1. The van der Waals surface area contributed by atoms with Crippen LogP contribution in [0.4, 0.5) is 4.79 Å². The lowest BCUT2D eigenvalue weighted by Crippen LogP contribution is -2.41. The molecule has 3 amide bonds. The number of carbonyl (C=O) groups excluding carboxylic acids is 2. The van der Waals surface area contributed by atoms with Crippen LogP contribution in [0.5, 0.6) is 0 Å². The number of urea groups is 1. The molecule has 0 saturated carbocycles. The lowest BCUT2D eigenvalue weighted by atomic mass is 10.1. The van der Waals surface area contributed by atoms with E-state index in [1.165, 1.54) is 18.8 Å². The fourth-order valence-electron chi connectivity index (χ4n) is 1.87. The van der Waals surface area contributed by atoms with E-state index in [0.29, 0.717) is 11.6 Å². The Morgan fingerprint density at radius 2 is 1.96 bits per heavy atom. The minimum Gasteiger partial charge on any atom is -0.341 e. The van der Waals surface area contributed by atoms with Crippen LogP contribution in [-0.4, -0.2) is 39.0 Å². The quantitative estimate of drug-likeness (QED) is 0.806. The molecular weight excluding hydrogens is 314 g/mol. The van der Waals surface area contributed by atoms with Crippen molar-refractivity contribution >= 4 is 23.7 Å². The number of thioether (sulfide) groups is 1. The smallest absolute Gasteiger partial charge is 0.321 e. The van der Waals surface area contributed by atoms with Crippen LogP contribution in [0.15, 0.2) is 35.5 Å². The lowest BCUT2D eigenvalue weighted by Gasteiger charge is -2.10. The molecule has 0 aliphatic carbocycles. The van der Waals surface area contributed by atoms with Crippen LogP contribution < -0.4 is 10.6 Å². The molecule has 2 N–H and O–H groups in total. The Bertz CT molecular complexity index is 686. The number of amides is 3. The summed E-state index contributed by atoms with van der Waals surface area (Å²) in [5.74, 6) is 0.444. The van der Waals surface area contributed by atoms with Crippen LogP contribution in [-0.2, 0) is 18.3 Å². The fourth-order valence-corrected chi connectivity index (χ4v) is 2.70. The van der Waals surface area contributed by atoms with E-state index in [9.17, 15) is 9.59 Å². The van der Waals surface area contributed by atoms with Crippen molar-refractivity contribution in [2.45, 2.75) is 23.8 Å². The van der Waals surface area contributed by atoms with Crippen molar-refractivity contribution in [3.63, 3.8) is 0 Å². The zero-order valence-corrected chi connectivity index (χ0v) is 14.1. The second-order valence-electron chi connectivity index (χ2n) is 4.95. The molecule has 0 fully saturated rings. The maximum absolute atomic E-state index is 11.9. The second kappa shape index (κ2) is 7.77. The highest BCUT2D eigenvalue weighted by molar-refractivity contribution is 8.00. The molecule has 0 saturated heterocycles. The highest BCUT2D eigenvalue weighted by Gasteiger charge is 2.20. The van der Waals surface area contributed by atoms with Gasteiger partial charge in [0.1, 0.15) is 5.82 Å². The molecule has 0 aliphatic rings. The van der Waals surface area contributed by atoms with Gasteiger partial charge in [-0.3, -0.25) is 10.1 Å². The van der Waals surface area contributed by atoms with E-state index in [0.717, 1.165) is 11.4 Å². The summed E-state index contributed by atoms with van der Waals surface area (Å²) in [4.78, 5) is 23.0. The fraction of sp³-hybridized carbons (Fsp3) is 0.333. The molecule has 122 valence electrons. The summed E-state index contributed by atoms with van der Waals surface area (Å²) in [6.45, 7) is 1.72. The van der Waals surface area contributed by atoms with Gasteiger partial charge in [0.2, 0.25) is 5.91 Å². The number of carbonyl (C=O) groups is 2. The molecule has 1 heterocycles. The molecule has 7 nitrogen and oxygen atoms in total. The molecule has 1 aromatic carbocycles. The van der Waals surface area contributed by atoms with Gasteiger partial charge in [-0.15, -0.1) is 10.2 Å². The van der Waals surface area contributed by atoms with Gasteiger partial charge >= 0.3 is 6.03 Å². The van der Waals surface area contributed by atoms with E-state index in [1.807, 2.05) is 41.9 Å². The van der Waals surface area contributed by atoms with Gasteiger partial charge in [-0.25, -0.2) is 4.79 Å². The number of nitrogens with zero attached hydrogens (tertiary/aromatic N) is 3. The molecule has 0 radical (unpaired) electrons. The summed E-state index contributed by atoms with van der Waals surface area (Å²) in [6.07, 6.45) is 0.670. The third-order valence-electron chi connectivity index (χ3n) is 3.25. The number of hydrogen-bond donors (Lipinski definition) is 2. The Balaban J connectivity index is 2.01. The Morgan fingerprint density at radius 3 is 2.61 bits per heavy atom. The molecule has 0 aliphatic heterocycles. The summed E-state index contributed by atoms with van der Waals surface area (Å²) in [5.41, 5.74) is 1.14. The first kappa shape index (κ1) is 17.0. The molecule has 1 atom stereocenters. The third-order valence-corrected chi connectivity index (χ3v) is 4.38. The van der Waals surface area contributed by atoms with Crippen LogP contribution in [0.2, 0.25) is 0 Å². The van der Waals surface area contributed by atoms with Gasteiger partial charge in [-0.1, -0.05) is 42.1 Å². The van der Waals surface area contributed by atoms with Gasteiger partial charge in [0.25, 0.3) is 0 Å². The molecule has 1 aromatic heterocycles. The van der Waals surface area contributed by atoms with Crippen molar-refractivity contribution in [1.82, 2.24) is 25.4 Å². The number of nitrogens with one attached hydrogen (secondary N) is 2. The predicted octanol–water partition coefficient (Wildman–Crippen LogP) is 1.34. The van der Waals surface area contributed by atoms with Crippen LogP contribution in [0.1, 0.15) is 18.3 Å². The van der Waals surface area contributed by atoms with Gasteiger partial charge in [-0.05, 0) is 12.5 Å². The van der Waals surface area contributed by atoms with Crippen LogP contribution in [0.3, 0.4) is 0 Å². The van der Waals surface area contributed by atoms with Crippen LogP contribution in [0, 0.1) is 0 Å². The molecule has 23 heavy (non-hydrogen) atoms. The minimum atomic E-state index is -0.523. The van der Waals surface area contributed by atoms with Crippen molar-refractivity contribution in [3.8, 4) is 0 Å². The maximum Gasteiger partial charge on any atom is 0.321 e. The molecule has 0 unspecified atom stereocenters. The first-order valence-corrected chi connectivity index (χ1v) is 8.00. The highest BCUT2D eigenvalue weighted by atomic mass is 32.2. The van der Waals surface area contributed by atoms with Crippen molar-refractivity contribution in [2.24, 2.45) is 7.05 Å². The minimum absolute atomic E-state index is 0.373. The van der Waals surface area contributed by atoms with E-state index < -0.39 is 11.3 Å². The topological polar surface area (TPSA) is 88.9 Å². The average Bonchev–Trinajstić information content (AvgIpc) is 2.88. The summed E-state index contributed by atoms with van der Waals surface area (Å²) in [6, 6.07) is 9.46. The zero-order chi connectivity index (χ0) is 16.8. The molecular formula is C15H19N5O2S. The first-order valence-electron chi connectivity index (χ1n) is 7.12. The summed E-state index contributed by atoms with van der Waals surface area (Å²) >= 11 is 1.26. The maximum atomic E-state index is 11.9. The summed E-state index contributed by atoms with van der Waals surface area (Å²) in [5, 5.41) is 13.1. The van der Waals surface area contributed by atoms with E-state index in [-0.39, 0.29) is 5.91 Å². The van der Waals surface area contributed by atoms with Crippen molar-refractivity contribution in [2.75, 3.05) is 7.05 Å². The second-order valence-corrected chi connectivity index (χ2v) is 6.26. The van der Waals surface area contributed by atoms with Gasteiger partial charge < -0.3 is 9.88 Å². The SMILES string of the molecule is CNC(=O)NC(=O)[C@@H](C)Sc1nnc(Cc2ccccc2)n1C. The third kappa shape index (κ3) is 4.56. The number of rotatable bonds is 5. The number of benzene rings is 1. The molecule has 0 bridgehead atoms. The Morgan fingerprint density at radius 1 is 1.26 bits per heavy atom. The Labute approximate surface area is 138 Å². The number of hydrogen-bond acceptors (Lipinski definition) is 5. The molecule has 2 aromatic rings. The Hall–Kier alpha value is -2.35. The van der Waals surface area contributed by atoms with Crippen molar-refractivity contribution in [1.29, 1.82) is 0 Å². The summed E-state index contributed by atoms with van der Waals surface area (Å²) < 4.78 is 1.86. The van der Waals surface area contributed by atoms with E-state index in [4.69, 9.17) is 0 Å². The standard InChI is InChI=1S/C15H19N5O2S/c1-10(13(21)17-14(22)16-2)23-15-19-18-12(20(15)3)9-11-7-5-4-6-8-11/h4-8,10H,9H2,1-3H3,(H2,16,17,21,22)/t10-/m1/s1. The van der Waals surface area contributed by atoms with Crippen molar-refractivity contribution in [3.05, 3.63) is 41.7 Å². The van der Waals surface area contributed by atoms with Gasteiger partial charge in [0, 0.05) is 20.5 Å². The van der Waals surface area contributed by atoms with Crippen LogP contribution >= 0.6 is 11.8 Å². The van der Waals surface area contributed by atoms with Gasteiger partial charge in [-0.2, -0.15) is 0 Å². The molecule has 0 spiro atoms. The van der Waals surface area contributed by atoms with E-state index in [2.05, 4.69) is 20.8 Å². The van der Waals surface area contributed by atoms with E-state index >= 15 is 0 Å². The Kier molecular flexibility index (Phi) is 5.75. The van der Waals surface area contributed by atoms with Gasteiger partial charge in [0.15, 0.2) is 5.16 Å². The van der Waals surface area contributed by atoms with Gasteiger partial charge in [0.05, 0.1) is 5.25 Å². The van der Waals surface area contributed by atoms with Crippen molar-refractivity contribution < 1.29 is 9.59 Å². The predicted molar refractivity (Wildman–Crippen MR) is 88.2 cm³/mol. The normalized spacial score (nSPS) is 11.8. The largest absolute Gasteiger partial charge is 0.341 e. The highest BCUT2D eigenvalue weighted by Crippen LogP contribution is 2.22. The summed E-state index contributed by atoms with van der Waals surface area (Å²) in [7, 11) is 3.32. The average molecular weight is 333 g/mol. The number of aromatic nitrogens is 3.